The molecular formula is C22H17ClN2O. The number of hydrogen-bond acceptors (Lipinski definition) is 2. The van der Waals surface area contributed by atoms with Crippen molar-refractivity contribution < 1.29 is 4.79 Å². The lowest BCUT2D eigenvalue weighted by atomic mass is 10.0. The number of carbonyl (C=O) groups is 1. The van der Waals surface area contributed by atoms with Gasteiger partial charge in [0, 0.05) is 23.7 Å². The minimum absolute atomic E-state index is 0.00658. The lowest BCUT2D eigenvalue weighted by Crippen LogP contribution is -2.29. The molecule has 0 radical (unpaired) electrons. The summed E-state index contributed by atoms with van der Waals surface area (Å²) in [5.41, 5.74) is 5.81. The average Bonchev–Trinajstić information content (AvgIpc) is 2.64. The van der Waals surface area contributed by atoms with Gasteiger partial charge in [-0.3, -0.25) is 9.78 Å². The van der Waals surface area contributed by atoms with Gasteiger partial charge in [0.25, 0.3) is 0 Å². The first-order valence-electron chi connectivity index (χ1n) is 8.42. The number of rotatable bonds is 1. The lowest BCUT2D eigenvalue weighted by Gasteiger charge is -2.26. The first-order chi connectivity index (χ1) is 12.6. The van der Waals surface area contributed by atoms with Gasteiger partial charge in [0.1, 0.15) is 0 Å². The molecule has 0 fully saturated rings. The van der Waals surface area contributed by atoms with E-state index in [0.29, 0.717) is 11.6 Å². The summed E-state index contributed by atoms with van der Waals surface area (Å²) in [6.07, 6.45) is 5.88. The van der Waals surface area contributed by atoms with E-state index in [0.717, 1.165) is 33.6 Å². The maximum absolute atomic E-state index is 12.3. The Morgan fingerprint density at radius 1 is 1.04 bits per heavy atom. The molecule has 26 heavy (non-hydrogen) atoms. The van der Waals surface area contributed by atoms with Crippen LogP contribution in [0.25, 0.3) is 23.4 Å². The Morgan fingerprint density at radius 2 is 1.81 bits per heavy atom. The van der Waals surface area contributed by atoms with Gasteiger partial charge in [-0.2, -0.15) is 0 Å². The fraction of sp³-hybridized carbons (Fsp3) is 0.0909. The number of amides is 1. The van der Waals surface area contributed by atoms with Crippen molar-refractivity contribution in [1.29, 1.82) is 0 Å². The molecule has 0 N–H and O–H groups in total. The van der Waals surface area contributed by atoms with Gasteiger partial charge in [-0.15, -0.1) is 0 Å². The fourth-order valence-corrected chi connectivity index (χ4v) is 3.36. The Balaban J connectivity index is 1.84. The summed E-state index contributed by atoms with van der Waals surface area (Å²) in [4.78, 5) is 18.7. The minimum Gasteiger partial charge on any atom is -0.308 e. The molecule has 0 saturated heterocycles. The standard InChI is InChI=1S/C22H17ClN2O/c1-15(26)25-14-19-12-21(16-5-3-2-4-6-16)24-13-18(19)8-7-17-11-20(23)9-10-22(17)25/h2-13H,14H2,1H3. The van der Waals surface area contributed by atoms with Crippen LogP contribution in [0.5, 0.6) is 0 Å². The molecule has 1 aromatic heterocycles. The number of fused-ring (bicyclic) bond motifs is 2. The predicted octanol–water partition coefficient (Wildman–Crippen LogP) is 5.44. The van der Waals surface area contributed by atoms with Crippen molar-refractivity contribution in [3.05, 3.63) is 82.5 Å². The van der Waals surface area contributed by atoms with Gasteiger partial charge in [-0.25, -0.2) is 0 Å². The molecular weight excluding hydrogens is 344 g/mol. The van der Waals surface area contributed by atoms with E-state index in [4.69, 9.17) is 11.6 Å². The summed E-state index contributed by atoms with van der Waals surface area (Å²) < 4.78 is 0. The third-order valence-electron chi connectivity index (χ3n) is 4.53. The highest BCUT2D eigenvalue weighted by Gasteiger charge is 2.19. The van der Waals surface area contributed by atoms with Crippen LogP contribution < -0.4 is 4.90 Å². The molecule has 1 aliphatic heterocycles. The molecule has 0 unspecified atom stereocenters. The summed E-state index contributed by atoms with van der Waals surface area (Å²) in [7, 11) is 0. The minimum atomic E-state index is -0.00658. The fourth-order valence-electron chi connectivity index (χ4n) is 3.18. The Bertz CT molecular complexity index is 1010. The van der Waals surface area contributed by atoms with Gasteiger partial charge in [-0.1, -0.05) is 54.1 Å². The van der Waals surface area contributed by atoms with E-state index in [-0.39, 0.29) is 5.91 Å². The zero-order chi connectivity index (χ0) is 18.1. The molecule has 4 rings (SSSR count). The molecule has 1 amide bonds. The average molecular weight is 361 g/mol. The van der Waals surface area contributed by atoms with Crippen LogP contribution in [0, 0.1) is 0 Å². The number of pyridine rings is 1. The van der Waals surface area contributed by atoms with Crippen molar-refractivity contribution in [3.63, 3.8) is 0 Å². The van der Waals surface area contributed by atoms with E-state index in [2.05, 4.69) is 11.1 Å². The van der Waals surface area contributed by atoms with Gasteiger partial charge in [0.15, 0.2) is 0 Å². The topological polar surface area (TPSA) is 33.2 Å². The van der Waals surface area contributed by atoms with E-state index < -0.39 is 0 Å². The number of aromatic nitrogens is 1. The molecule has 0 atom stereocenters. The summed E-state index contributed by atoms with van der Waals surface area (Å²) in [5, 5.41) is 0.648. The Kier molecular flexibility index (Phi) is 4.31. The van der Waals surface area contributed by atoms with Gasteiger partial charge < -0.3 is 4.90 Å². The second-order valence-corrected chi connectivity index (χ2v) is 6.71. The number of nitrogens with zero attached hydrogens (tertiary/aromatic N) is 2. The second-order valence-electron chi connectivity index (χ2n) is 6.28. The van der Waals surface area contributed by atoms with Crippen molar-refractivity contribution in [2.45, 2.75) is 13.5 Å². The zero-order valence-corrected chi connectivity index (χ0v) is 15.1. The smallest absolute Gasteiger partial charge is 0.224 e. The van der Waals surface area contributed by atoms with E-state index in [1.54, 1.807) is 11.8 Å². The molecule has 0 saturated carbocycles. The molecule has 0 aliphatic carbocycles. The SMILES string of the molecule is CC(=O)N1Cc2cc(-c3ccccc3)ncc2C=Cc2cc(Cl)ccc21. The van der Waals surface area contributed by atoms with E-state index >= 15 is 0 Å². The summed E-state index contributed by atoms with van der Waals surface area (Å²) >= 11 is 6.14. The van der Waals surface area contributed by atoms with E-state index in [1.807, 2.05) is 66.9 Å². The molecule has 3 aromatic rings. The molecule has 0 bridgehead atoms. The molecule has 0 spiro atoms. The summed E-state index contributed by atoms with van der Waals surface area (Å²) in [6.45, 7) is 2.08. The lowest BCUT2D eigenvalue weighted by molar-refractivity contribution is -0.116. The summed E-state index contributed by atoms with van der Waals surface area (Å²) in [6, 6.07) is 17.7. The van der Waals surface area contributed by atoms with E-state index in [9.17, 15) is 4.79 Å². The second kappa shape index (κ2) is 6.77. The number of benzene rings is 2. The largest absolute Gasteiger partial charge is 0.308 e. The maximum atomic E-state index is 12.3. The number of anilines is 1. The van der Waals surface area contributed by atoms with Crippen LogP contribution in [0.3, 0.4) is 0 Å². The van der Waals surface area contributed by atoms with Gasteiger partial charge in [0.05, 0.1) is 17.9 Å². The van der Waals surface area contributed by atoms with Crippen molar-refractivity contribution >= 4 is 35.3 Å². The third kappa shape index (κ3) is 3.14. The van der Waals surface area contributed by atoms with Gasteiger partial charge in [0.2, 0.25) is 5.91 Å². The summed E-state index contributed by atoms with van der Waals surface area (Å²) in [5.74, 6) is -0.00658. The molecule has 1 aliphatic rings. The quantitative estimate of drug-likeness (QED) is 0.579. The maximum Gasteiger partial charge on any atom is 0.224 e. The number of halogens is 1. The van der Waals surface area contributed by atoms with Crippen LogP contribution in [-0.2, 0) is 11.3 Å². The molecule has 128 valence electrons. The van der Waals surface area contributed by atoms with Crippen LogP contribution in [0.4, 0.5) is 5.69 Å². The van der Waals surface area contributed by atoms with E-state index in [1.165, 1.54) is 0 Å². The Morgan fingerprint density at radius 3 is 2.58 bits per heavy atom. The molecule has 2 aromatic carbocycles. The molecule has 3 nitrogen and oxygen atoms in total. The van der Waals surface area contributed by atoms with Crippen LogP contribution in [-0.4, -0.2) is 10.9 Å². The monoisotopic (exact) mass is 360 g/mol. The van der Waals surface area contributed by atoms with Crippen LogP contribution in [0.1, 0.15) is 23.6 Å². The van der Waals surface area contributed by atoms with Crippen molar-refractivity contribution in [2.75, 3.05) is 4.90 Å². The van der Waals surface area contributed by atoms with Gasteiger partial charge in [-0.05, 0) is 41.0 Å². The van der Waals surface area contributed by atoms with Crippen molar-refractivity contribution in [3.8, 4) is 11.3 Å². The van der Waals surface area contributed by atoms with Crippen molar-refractivity contribution in [2.24, 2.45) is 0 Å². The number of hydrogen-bond donors (Lipinski definition) is 0. The van der Waals surface area contributed by atoms with Gasteiger partial charge >= 0.3 is 0 Å². The van der Waals surface area contributed by atoms with Crippen LogP contribution >= 0.6 is 11.6 Å². The predicted molar refractivity (Wildman–Crippen MR) is 107 cm³/mol. The number of carbonyl (C=O) groups excluding carboxylic acids is 1. The third-order valence-corrected chi connectivity index (χ3v) is 4.76. The highest BCUT2D eigenvalue weighted by atomic mass is 35.5. The Hall–Kier alpha value is -2.91. The Labute approximate surface area is 157 Å². The highest BCUT2D eigenvalue weighted by molar-refractivity contribution is 6.30. The van der Waals surface area contributed by atoms with Crippen LogP contribution in [0.2, 0.25) is 5.02 Å². The van der Waals surface area contributed by atoms with Crippen molar-refractivity contribution in [1.82, 2.24) is 4.98 Å². The molecule has 2 heterocycles. The first kappa shape index (κ1) is 16.6. The normalized spacial score (nSPS) is 12.8. The van der Waals surface area contributed by atoms with Crippen LogP contribution in [0.15, 0.2) is 60.8 Å². The zero-order valence-electron chi connectivity index (χ0n) is 14.3. The first-order valence-corrected chi connectivity index (χ1v) is 8.80. The molecule has 4 heteroatoms. The highest BCUT2D eigenvalue weighted by Crippen LogP contribution is 2.32.